The molecule has 118 valence electrons. The van der Waals surface area contributed by atoms with Crippen LogP contribution in [-0.4, -0.2) is 43.2 Å². The van der Waals surface area contributed by atoms with E-state index in [1.54, 1.807) is 0 Å². The molecule has 1 N–H and O–H groups in total. The molecule has 2 atom stereocenters. The van der Waals surface area contributed by atoms with Crippen LogP contribution in [0.3, 0.4) is 0 Å². The molecule has 3 heteroatoms. The maximum atomic E-state index is 5.85. The molecule has 0 amide bonds. The summed E-state index contributed by atoms with van der Waals surface area (Å²) in [6.45, 7) is 11.0. The van der Waals surface area contributed by atoms with Gasteiger partial charge in [0.1, 0.15) is 12.4 Å². The van der Waals surface area contributed by atoms with Crippen molar-refractivity contribution >= 4 is 0 Å². The van der Waals surface area contributed by atoms with Crippen LogP contribution >= 0.6 is 0 Å². The molecule has 1 aliphatic heterocycles. The first-order valence-electron chi connectivity index (χ1n) is 8.30. The maximum Gasteiger partial charge on any atom is 0.119 e. The lowest BCUT2D eigenvalue weighted by molar-refractivity contribution is 0.161. The van der Waals surface area contributed by atoms with Crippen molar-refractivity contribution in [2.24, 2.45) is 5.92 Å². The summed E-state index contributed by atoms with van der Waals surface area (Å²) in [4.78, 5) is 2.58. The minimum atomic E-state index is 0.617. The molecule has 1 fully saturated rings. The normalized spacial score (nSPS) is 24.0. The standard InChI is InChI=1S/C18H30N2O/c1-15(2)13-17-14-20(16(3)9-10-19-17)11-12-21-18-7-5-4-6-8-18/h4-8,15-17,19H,9-14H2,1-3H3. The summed E-state index contributed by atoms with van der Waals surface area (Å²) in [6, 6.07) is 11.4. The largest absolute Gasteiger partial charge is 0.492 e. The maximum absolute atomic E-state index is 5.85. The van der Waals surface area contributed by atoms with E-state index in [4.69, 9.17) is 4.74 Å². The minimum Gasteiger partial charge on any atom is -0.492 e. The predicted octanol–water partition coefficient (Wildman–Crippen LogP) is 3.16. The Morgan fingerprint density at radius 1 is 1.29 bits per heavy atom. The fourth-order valence-corrected chi connectivity index (χ4v) is 3.04. The van der Waals surface area contributed by atoms with Crippen molar-refractivity contribution in [2.75, 3.05) is 26.2 Å². The summed E-state index contributed by atoms with van der Waals surface area (Å²) in [7, 11) is 0. The Bertz CT molecular complexity index is 393. The predicted molar refractivity (Wildman–Crippen MR) is 88.8 cm³/mol. The first kappa shape index (κ1) is 16.3. The lowest BCUT2D eigenvalue weighted by atomic mass is 10.0. The second-order valence-corrected chi connectivity index (χ2v) is 6.57. The van der Waals surface area contributed by atoms with Crippen LogP contribution < -0.4 is 10.1 Å². The van der Waals surface area contributed by atoms with Crippen molar-refractivity contribution in [2.45, 2.75) is 45.7 Å². The number of hydrogen-bond donors (Lipinski definition) is 1. The summed E-state index contributed by atoms with van der Waals surface area (Å²) < 4.78 is 5.85. The monoisotopic (exact) mass is 290 g/mol. The highest BCUT2D eigenvalue weighted by atomic mass is 16.5. The zero-order chi connectivity index (χ0) is 15.1. The molecule has 21 heavy (non-hydrogen) atoms. The molecule has 1 saturated heterocycles. The van der Waals surface area contributed by atoms with E-state index in [1.165, 1.54) is 12.8 Å². The summed E-state index contributed by atoms with van der Waals surface area (Å²) in [5, 5.41) is 3.70. The average molecular weight is 290 g/mol. The van der Waals surface area contributed by atoms with Crippen LogP contribution in [0.5, 0.6) is 5.75 Å². The molecule has 0 bridgehead atoms. The molecule has 0 aromatic heterocycles. The van der Waals surface area contributed by atoms with Crippen molar-refractivity contribution < 1.29 is 4.74 Å². The van der Waals surface area contributed by atoms with Gasteiger partial charge in [-0.2, -0.15) is 0 Å². The summed E-state index contributed by atoms with van der Waals surface area (Å²) >= 11 is 0. The smallest absolute Gasteiger partial charge is 0.119 e. The van der Waals surface area contributed by atoms with Crippen LogP contribution in [0.4, 0.5) is 0 Å². The molecule has 0 saturated carbocycles. The van der Waals surface area contributed by atoms with Crippen LogP contribution in [0.15, 0.2) is 30.3 Å². The van der Waals surface area contributed by atoms with Gasteiger partial charge in [-0.05, 0) is 44.4 Å². The Morgan fingerprint density at radius 3 is 2.76 bits per heavy atom. The van der Waals surface area contributed by atoms with Crippen LogP contribution in [0.2, 0.25) is 0 Å². The highest BCUT2D eigenvalue weighted by Gasteiger charge is 2.23. The number of benzene rings is 1. The van der Waals surface area contributed by atoms with Crippen molar-refractivity contribution in [1.29, 1.82) is 0 Å². The molecule has 1 aromatic carbocycles. The third-order valence-corrected chi connectivity index (χ3v) is 4.22. The van der Waals surface area contributed by atoms with Crippen molar-refractivity contribution in [3.05, 3.63) is 30.3 Å². The van der Waals surface area contributed by atoms with Gasteiger partial charge in [-0.3, -0.25) is 4.90 Å². The van der Waals surface area contributed by atoms with Gasteiger partial charge in [0.2, 0.25) is 0 Å². The lowest BCUT2D eigenvalue weighted by Crippen LogP contribution is -2.42. The second-order valence-electron chi connectivity index (χ2n) is 6.57. The van der Waals surface area contributed by atoms with Crippen LogP contribution in [0, 0.1) is 5.92 Å². The molecule has 1 heterocycles. The van der Waals surface area contributed by atoms with E-state index in [1.807, 2.05) is 30.3 Å². The van der Waals surface area contributed by atoms with Gasteiger partial charge < -0.3 is 10.1 Å². The van der Waals surface area contributed by atoms with E-state index in [-0.39, 0.29) is 0 Å². The fourth-order valence-electron chi connectivity index (χ4n) is 3.04. The average Bonchev–Trinajstić information content (AvgIpc) is 2.62. The Morgan fingerprint density at radius 2 is 2.05 bits per heavy atom. The Kier molecular flexibility index (Phi) is 6.52. The Balaban J connectivity index is 1.81. The van der Waals surface area contributed by atoms with Crippen molar-refractivity contribution in [3.8, 4) is 5.75 Å². The summed E-state index contributed by atoms with van der Waals surface area (Å²) in [5.74, 6) is 1.72. The van der Waals surface area contributed by atoms with Gasteiger partial charge >= 0.3 is 0 Å². The molecule has 0 radical (unpaired) electrons. The highest BCUT2D eigenvalue weighted by Crippen LogP contribution is 2.14. The van der Waals surface area contributed by atoms with Crippen LogP contribution in [0.25, 0.3) is 0 Å². The van der Waals surface area contributed by atoms with Gasteiger partial charge in [0.15, 0.2) is 0 Å². The van der Waals surface area contributed by atoms with E-state index in [2.05, 4.69) is 31.0 Å². The third kappa shape index (κ3) is 5.68. The van der Waals surface area contributed by atoms with Gasteiger partial charge in [-0.25, -0.2) is 0 Å². The highest BCUT2D eigenvalue weighted by molar-refractivity contribution is 5.20. The van der Waals surface area contributed by atoms with E-state index >= 15 is 0 Å². The van der Waals surface area contributed by atoms with Crippen LogP contribution in [-0.2, 0) is 0 Å². The number of hydrogen-bond acceptors (Lipinski definition) is 3. The molecular formula is C18H30N2O. The van der Waals surface area contributed by atoms with E-state index < -0.39 is 0 Å². The zero-order valence-electron chi connectivity index (χ0n) is 13.7. The Labute approximate surface area is 129 Å². The molecule has 3 nitrogen and oxygen atoms in total. The van der Waals surface area contributed by atoms with Crippen LogP contribution in [0.1, 0.15) is 33.6 Å². The Hall–Kier alpha value is -1.06. The van der Waals surface area contributed by atoms with Crippen molar-refractivity contribution in [1.82, 2.24) is 10.2 Å². The number of nitrogens with one attached hydrogen (secondary N) is 1. The quantitative estimate of drug-likeness (QED) is 0.871. The van der Waals surface area contributed by atoms with Gasteiger partial charge in [0.25, 0.3) is 0 Å². The number of para-hydroxylation sites is 1. The molecule has 1 aliphatic rings. The molecule has 1 aromatic rings. The SMILES string of the molecule is CC(C)CC1CN(CCOc2ccccc2)C(C)CCN1. The van der Waals surface area contributed by atoms with Gasteiger partial charge in [0.05, 0.1) is 0 Å². The molecule has 0 aliphatic carbocycles. The number of ether oxygens (including phenoxy) is 1. The number of nitrogens with zero attached hydrogens (tertiary/aromatic N) is 1. The van der Waals surface area contributed by atoms with E-state index in [0.29, 0.717) is 12.1 Å². The summed E-state index contributed by atoms with van der Waals surface area (Å²) in [6.07, 6.45) is 2.47. The fraction of sp³-hybridized carbons (Fsp3) is 0.667. The molecule has 2 unspecified atom stereocenters. The lowest BCUT2D eigenvalue weighted by Gasteiger charge is -2.29. The zero-order valence-corrected chi connectivity index (χ0v) is 13.7. The minimum absolute atomic E-state index is 0.617. The van der Waals surface area contributed by atoms with Gasteiger partial charge in [0, 0.05) is 25.2 Å². The second kappa shape index (κ2) is 8.40. The molecular weight excluding hydrogens is 260 g/mol. The third-order valence-electron chi connectivity index (χ3n) is 4.22. The van der Waals surface area contributed by atoms with Gasteiger partial charge in [-0.1, -0.05) is 32.0 Å². The topological polar surface area (TPSA) is 24.5 Å². The molecule has 2 rings (SSSR count). The van der Waals surface area contributed by atoms with E-state index in [9.17, 15) is 0 Å². The first-order chi connectivity index (χ1) is 10.1. The van der Waals surface area contributed by atoms with Gasteiger partial charge in [-0.15, -0.1) is 0 Å². The molecule has 0 spiro atoms. The van der Waals surface area contributed by atoms with Crippen molar-refractivity contribution in [3.63, 3.8) is 0 Å². The van der Waals surface area contributed by atoms with E-state index in [0.717, 1.165) is 37.9 Å². The first-order valence-corrected chi connectivity index (χ1v) is 8.30. The summed E-state index contributed by atoms with van der Waals surface area (Å²) in [5.41, 5.74) is 0. The number of rotatable bonds is 6.